The molecular formula is C12H23N3S. The molecule has 1 N–H and O–H groups in total. The molecule has 16 heavy (non-hydrogen) atoms. The third-order valence-corrected chi connectivity index (χ3v) is 4.24. The minimum absolute atomic E-state index is 0.597. The highest BCUT2D eigenvalue weighted by atomic mass is 32.2. The van der Waals surface area contributed by atoms with Crippen molar-refractivity contribution in [2.24, 2.45) is 7.05 Å². The standard InChI is InChI=1S/C12H23N3S/c1-5-7-11(13-3)12(6-2)16-10-8-14-15(4)9-10/h8-9,11-13H,5-7H2,1-4H3. The van der Waals surface area contributed by atoms with Crippen LogP contribution in [0.1, 0.15) is 33.1 Å². The molecule has 4 heteroatoms. The van der Waals surface area contributed by atoms with Crippen molar-refractivity contribution in [1.29, 1.82) is 0 Å². The van der Waals surface area contributed by atoms with Crippen LogP contribution in [0.4, 0.5) is 0 Å². The molecule has 0 fully saturated rings. The second kappa shape index (κ2) is 6.97. The predicted molar refractivity (Wildman–Crippen MR) is 70.9 cm³/mol. The van der Waals surface area contributed by atoms with E-state index in [1.54, 1.807) is 0 Å². The zero-order valence-electron chi connectivity index (χ0n) is 10.7. The van der Waals surface area contributed by atoms with Gasteiger partial charge in [0.2, 0.25) is 0 Å². The summed E-state index contributed by atoms with van der Waals surface area (Å²) in [6, 6.07) is 0.597. The molecule has 0 aromatic carbocycles. The van der Waals surface area contributed by atoms with E-state index in [0.717, 1.165) is 0 Å². The molecule has 0 aliphatic carbocycles. The lowest BCUT2D eigenvalue weighted by Gasteiger charge is -2.24. The summed E-state index contributed by atoms with van der Waals surface area (Å²) in [4.78, 5) is 1.27. The molecule has 3 nitrogen and oxygen atoms in total. The minimum atomic E-state index is 0.597. The Morgan fingerprint density at radius 2 is 2.25 bits per heavy atom. The lowest BCUT2D eigenvalue weighted by molar-refractivity contribution is 0.490. The minimum Gasteiger partial charge on any atom is -0.316 e. The average Bonchev–Trinajstić information content (AvgIpc) is 2.69. The van der Waals surface area contributed by atoms with Crippen molar-refractivity contribution in [3.63, 3.8) is 0 Å². The number of hydrogen-bond acceptors (Lipinski definition) is 3. The maximum Gasteiger partial charge on any atom is 0.0625 e. The molecule has 1 aromatic rings. The van der Waals surface area contributed by atoms with Crippen molar-refractivity contribution in [3.05, 3.63) is 12.4 Å². The first-order chi connectivity index (χ1) is 7.71. The fourth-order valence-electron chi connectivity index (χ4n) is 1.91. The van der Waals surface area contributed by atoms with Crippen molar-refractivity contribution < 1.29 is 0 Å². The fourth-order valence-corrected chi connectivity index (χ4v) is 3.19. The molecule has 2 unspecified atom stereocenters. The van der Waals surface area contributed by atoms with Gasteiger partial charge >= 0.3 is 0 Å². The Balaban J connectivity index is 2.59. The van der Waals surface area contributed by atoms with Crippen molar-refractivity contribution in [1.82, 2.24) is 15.1 Å². The lowest BCUT2D eigenvalue weighted by atomic mass is 10.1. The van der Waals surface area contributed by atoms with Gasteiger partial charge in [0.25, 0.3) is 0 Å². The summed E-state index contributed by atoms with van der Waals surface area (Å²) in [7, 11) is 4.03. The molecule has 92 valence electrons. The molecule has 0 aliphatic rings. The summed E-state index contributed by atoms with van der Waals surface area (Å²) >= 11 is 1.94. The number of thioether (sulfide) groups is 1. The normalized spacial score (nSPS) is 15.0. The zero-order chi connectivity index (χ0) is 12.0. The Labute approximate surface area is 103 Å². The summed E-state index contributed by atoms with van der Waals surface area (Å²) in [5.74, 6) is 0. The van der Waals surface area contributed by atoms with E-state index in [2.05, 4.69) is 37.5 Å². The molecule has 1 rings (SSSR count). The van der Waals surface area contributed by atoms with Gasteiger partial charge in [-0.2, -0.15) is 5.10 Å². The number of aromatic nitrogens is 2. The van der Waals surface area contributed by atoms with Gasteiger partial charge in [-0.25, -0.2) is 0 Å². The molecule has 0 amide bonds. The number of rotatable bonds is 7. The highest BCUT2D eigenvalue weighted by Gasteiger charge is 2.19. The van der Waals surface area contributed by atoms with Crippen molar-refractivity contribution in [2.45, 2.75) is 49.3 Å². The number of nitrogens with zero attached hydrogens (tertiary/aromatic N) is 2. The largest absolute Gasteiger partial charge is 0.316 e. The SMILES string of the molecule is CCCC(NC)C(CC)Sc1cnn(C)c1. The van der Waals surface area contributed by atoms with Crippen LogP contribution in [0.15, 0.2) is 17.3 Å². The van der Waals surface area contributed by atoms with Crippen LogP contribution in [-0.2, 0) is 7.05 Å². The van der Waals surface area contributed by atoms with Crippen LogP contribution in [0.2, 0.25) is 0 Å². The molecule has 2 atom stereocenters. The molecule has 0 aliphatic heterocycles. The van der Waals surface area contributed by atoms with Crippen LogP contribution in [0, 0.1) is 0 Å². The molecule has 1 heterocycles. The number of nitrogens with one attached hydrogen (secondary N) is 1. The van der Waals surface area contributed by atoms with Gasteiger partial charge in [-0.15, -0.1) is 11.8 Å². The van der Waals surface area contributed by atoms with E-state index >= 15 is 0 Å². The average molecular weight is 241 g/mol. The second-order valence-electron chi connectivity index (χ2n) is 4.10. The summed E-state index contributed by atoms with van der Waals surface area (Å²) < 4.78 is 1.86. The molecule has 0 spiro atoms. The van der Waals surface area contributed by atoms with Gasteiger partial charge in [-0.3, -0.25) is 4.68 Å². The summed E-state index contributed by atoms with van der Waals surface area (Å²) in [5.41, 5.74) is 0. The van der Waals surface area contributed by atoms with Crippen LogP contribution < -0.4 is 5.32 Å². The molecule has 0 radical (unpaired) electrons. The summed E-state index contributed by atoms with van der Waals surface area (Å²) in [5, 5.41) is 8.28. The van der Waals surface area contributed by atoms with E-state index in [-0.39, 0.29) is 0 Å². The Bertz CT molecular complexity index is 298. The van der Waals surface area contributed by atoms with E-state index in [4.69, 9.17) is 0 Å². The summed E-state index contributed by atoms with van der Waals surface area (Å²) in [6.45, 7) is 4.50. The van der Waals surface area contributed by atoms with Crippen LogP contribution in [0.5, 0.6) is 0 Å². The van der Waals surface area contributed by atoms with E-state index in [9.17, 15) is 0 Å². The van der Waals surface area contributed by atoms with Crippen LogP contribution in [0.3, 0.4) is 0 Å². The van der Waals surface area contributed by atoms with E-state index in [1.165, 1.54) is 24.2 Å². The van der Waals surface area contributed by atoms with Gasteiger partial charge in [0.05, 0.1) is 6.20 Å². The molecule has 0 bridgehead atoms. The summed E-state index contributed by atoms with van der Waals surface area (Å²) in [6.07, 6.45) is 7.70. The van der Waals surface area contributed by atoms with Gasteiger partial charge in [0.15, 0.2) is 0 Å². The second-order valence-corrected chi connectivity index (χ2v) is 5.41. The van der Waals surface area contributed by atoms with Crippen molar-refractivity contribution in [2.75, 3.05) is 7.05 Å². The quantitative estimate of drug-likeness (QED) is 0.744. The molecule has 1 aromatic heterocycles. The van der Waals surface area contributed by atoms with Gasteiger partial charge in [-0.1, -0.05) is 20.3 Å². The number of aryl methyl sites for hydroxylation is 1. The zero-order valence-corrected chi connectivity index (χ0v) is 11.5. The Morgan fingerprint density at radius 3 is 2.69 bits per heavy atom. The first-order valence-electron chi connectivity index (χ1n) is 6.03. The van der Waals surface area contributed by atoms with Crippen molar-refractivity contribution in [3.8, 4) is 0 Å². The van der Waals surface area contributed by atoms with Crippen LogP contribution in [-0.4, -0.2) is 28.1 Å². The van der Waals surface area contributed by atoms with Gasteiger partial charge in [0.1, 0.15) is 0 Å². The Kier molecular flexibility index (Phi) is 5.91. The first-order valence-corrected chi connectivity index (χ1v) is 6.91. The van der Waals surface area contributed by atoms with Gasteiger partial charge < -0.3 is 5.32 Å². The van der Waals surface area contributed by atoms with Gasteiger partial charge in [0, 0.05) is 29.4 Å². The van der Waals surface area contributed by atoms with E-state index in [1.807, 2.05) is 29.7 Å². The number of hydrogen-bond donors (Lipinski definition) is 1. The fraction of sp³-hybridized carbons (Fsp3) is 0.750. The molecular weight excluding hydrogens is 218 g/mol. The van der Waals surface area contributed by atoms with E-state index in [0.29, 0.717) is 11.3 Å². The van der Waals surface area contributed by atoms with Crippen LogP contribution >= 0.6 is 11.8 Å². The third-order valence-electron chi connectivity index (χ3n) is 2.79. The van der Waals surface area contributed by atoms with Gasteiger partial charge in [-0.05, 0) is 19.9 Å². The molecule has 0 saturated carbocycles. The van der Waals surface area contributed by atoms with Crippen molar-refractivity contribution >= 4 is 11.8 Å². The smallest absolute Gasteiger partial charge is 0.0625 e. The first kappa shape index (κ1) is 13.6. The van der Waals surface area contributed by atoms with Crippen LogP contribution in [0.25, 0.3) is 0 Å². The topological polar surface area (TPSA) is 29.9 Å². The Hall–Kier alpha value is -0.480. The third kappa shape index (κ3) is 3.83. The Morgan fingerprint density at radius 1 is 1.50 bits per heavy atom. The predicted octanol–water partition coefficient (Wildman–Crippen LogP) is 2.68. The maximum absolute atomic E-state index is 4.21. The molecule has 0 saturated heterocycles. The highest BCUT2D eigenvalue weighted by molar-refractivity contribution is 8.00. The highest BCUT2D eigenvalue weighted by Crippen LogP contribution is 2.28. The maximum atomic E-state index is 4.21. The monoisotopic (exact) mass is 241 g/mol. The van der Waals surface area contributed by atoms with E-state index < -0.39 is 0 Å². The lowest BCUT2D eigenvalue weighted by Crippen LogP contribution is -2.35.